The Morgan fingerprint density at radius 1 is 1.39 bits per heavy atom. The molecule has 0 aliphatic carbocycles. The molecule has 0 aliphatic rings. The van der Waals surface area contributed by atoms with Crippen LogP contribution in [0.2, 0.25) is 0 Å². The summed E-state index contributed by atoms with van der Waals surface area (Å²) in [4.78, 5) is 21.5. The summed E-state index contributed by atoms with van der Waals surface area (Å²) in [5.41, 5.74) is -0.216. The van der Waals surface area contributed by atoms with Crippen LogP contribution >= 0.6 is 0 Å². The van der Waals surface area contributed by atoms with Gasteiger partial charge in [0.15, 0.2) is 0 Å². The molecular formula is C14H18N2O6S. The van der Waals surface area contributed by atoms with Gasteiger partial charge in [-0.1, -0.05) is 6.08 Å². The highest BCUT2D eigenvalue weighted by molar-refractivity contribution is 7.89. The summed E-state index contributed by atoms with van der Waals surface area (Å²) in [6, 6.07) is 4.48. The molecule has 126 valence electrons. The lowest BCUT2D eigenvalue weighted by molar-refractivity contribution is -0.384. The third-order valence-corrected chi connectivity index (χ3v) is 4.74. The van der Waals surface area contributed by atoms with Crippen molar-refractivity contribution < 1.29 is 22.9 Å². The van der Waals surface area contributed by atoms with Gasteiger partial charge < -0.3 is 4.74 Å². The highest BCUT2D eigenvalue weighted by atomic mass is 32.2. The van der Waals surface area contributed by atoms with Gasteiger partial charge in [-0.2, -0.15) is 4.31 Å². The molecule has 0 N–H and O–H groups in total. The van der Waals surface area contributed by atoms with Crippen LogP contribution in [0.15, 0.2) is 41.8 Å². The molecule has 0 fully saturated rings. The van der Waals surface area contributed by atoms with Crippen molar-refractivity contribution in [3.05, 3.63) is 47.0 Å². The SMILES string of the molecule is C=CCCN(CC(=O)OCC)S(=O)(=O)c1ccc([N+](=O)[O-])cc1. The van der Waals surface area contributed by atoms with E-state index in [1.54, 1.807) is 6.92 Å². The topological polar surface area (TPSA) is 107 Å². The molecule has 0 unspecified atom stereocenters. The fourth-order valence-electron chi connectivity index (χ4n) is 1.76. The van der Waals surface area contributed by atoms with Gasteiger partial charge in [0.2, 0.25) is 10.0 Å². The zero-order valence-corrected chi connectivity index (χ0v) is 13.5. The maximum absolute atomic E-state index is 12.6. The molecule has 0 aromatic heterocycles. The number of nitro benzene ring substituents is 1. The highest BCUT2D eigenvalue weighted by Gasteiger charge is 2.27. The molecule has 0 bridgehead atoms. The fraction of sp³-hybridized carbons (Fsp3) is 0.357. The van der Waals surface area contributed by atoms with Crippen LogP contribution in [0.25, 0.3) is 0 Å². The van der Waals surface area contributed by atoms with E-state index in [9.17, 15) is 23.3 Å². The molecule has 1 aromatic rings. The molecule has 0 spiro atoms. The maximum atomic E-state index is 12.6. The molecule has 0 heterocycles. The second-order valence-electron chi connectivity index (χ2n) is 4.47. The molecular weight excluding hydrogens is 324 g/mol. The monoisotopic (exact) mass is 342 g/mol. The van der Waals surface area contributed by atoms with Crippen molar-refractivity contribution in [2.75, 3.05) is 19.7 Å². The van der Waals surface area contributed by atoms with E-state index in [1.165, 1.54) is 6.08 Å². The highest BCUT2D eigenvalue weighted by Crippen LogP contribution is 2.20. The fourth-order valence-corrected chi connectivity index (χ4v) is 3.16. The lowest BCUT2D eigenvalue weighted by Gasteiger charge is -2.20. The summed E-state index contributed by atoms with van der Waals surface area (Å²) in [7, 11) is -3.97. The van der Waals surface area contributed by atoms with E-state index in [2.05, 4.69) is 6.58 Å². The Balaban J connectivity index is 3.07. The lowest BCUT2D eigenvalue weighted by Crippen LogP contribution is -2.37. The Bertz CT molecular complexity index is 669. The number of hydrogen-bond donors (Lipinski definition) is 0. The Labute approximate surface area is 134 Å². The van der Waals surface area contributed by atoms with Crippen molar-refractivity contribution in [3.63, 3.8) is 0 Å². The number of benzene rings is 1. The van der Waals surface area contributed by atoms with Gasteiger partial charge in [-0.05, 0) is 25.5 Å². The summed E-state index contributed by atoms with van der Waals surface area (Å²) < 4.78 is 30.9. The van der Waals surface area contributed by atoms with Gasteiger partial charge in [0, 0.05) is 18.7 Å². The van der Waals surface area contributed by atoms with Gasteiger partial charge in [0.25, 0.3) is 5.69 Å². The van der Waals surface area contributed by atoms with Crippen molar-refractivity contribution in [2.45, 2.75) is 18.2 Å². The van der Waals surface area contributed by atoms with Crippen LogP contribution in [0, 0.1) is 10.1 Å². The molecule has 1 aromatic carbocycles. The number of rotatable bonds is 9. The molecule has 0 atom stereocenters. The summed E-state index contributed by atoms with van der Waals surface area (Å²) in [5.74, 6) is -0.665. The van der Waals surface area contributed by atoms with Crippen molar-refractivity contribution in [1.82, 2.24) is 4.31 Å². The minimum absolute atomic E-state index is 0.0572. The normalized spacial score (nSPS) is 11.2. The Morgan fingerprint density at radius 3 is 2.48 bits per heavy atom. The zero-order valence-electron chi connectivity index (χ0n) is 12.7. The van der Waals surface area contributed by atoms with Gasteiger partial charge in [-0.25, -0.2) is 8.42 Å². The van der Waals surface area contributed by atoms with Crippen molar-refractivity contribution >= 4 is 21.7 Å². The van der Waals surface area contributed by atoms with Crippen LogP contribution in [0.1, 0.15) is 13.3 Å². The number of esters is 1. The molecule has 0 radical (unpaired) electrons. The van der Waals surface area contributed by atoms with E-state index in [0.717, 1.165) is 28.6 Å². The van der Waals surface area contributed by atoms with Gasteiger partial charge >= 0.3 is 5.97 Å². The Kier molecular flexibility index (Phi) is 6.86. The molecule has 23 heavy (non-hydrogen) atoms. The van der Waals surface area contributed by atoms with Crippen LogP contribution in [0.5, 0.6) is 0 Å². The molecule has 8 nitrogen and oxygen atoms in total. The smallest absolute Gasteiger partial charge is 0.321 e. The predicted octanol–water partition coefficient (Wildman–Crippen LogP) is 1.72. The van der Waals surface area contributed by atoms with E-state index in [1.807, 2.05) is 0 Å². The van der Waals surface area contributed by atoms with Crippen LogP contribution in [0.3, 0.4) is 0 Å². The number of non-ortho nitro benzene ring substituents is 1. The average Bonchev–Trinajstić information content (AvgIpc) is 2.51. The molecule has 0 saturated carbocycles. The summed E-state index contributed by atoms with van der Waals surface area (Å²) in [6.07, 6.45) is 1.88. The number of hydrogen-bond acceptors (Lipinski definition) is 6. The van der Waals surface area contributed by atoms with Gasteiger partial charge in [0.05, 0.1) is 16.4 Å². The third kappa shape index (κ3) is 5.15. The number of carbonyl (C=O) groups is 1. The molecule has 0 aliphatic heterocycles. The molecule has 0 amide bonds. The number of sulfonamides is 1. The van der Waals surface area contributed by atoms with Crippen molar-refractivity contribution in [3.8, 4) is 0 Å². The summed E-state index contributed by atoms with van der Waals surface area (Å²) in [6.45, 7) is 4.92. The van der Waals surface area contributed by atoms with E-state index < -0.39 is 27.5 Å². The lowest BCUT2D eigenvalue weighted by atomic mass is 10.3. The first-order chi connectivity index (χ1) is 10.8. The standard InChI is InChI=1S/C14H18N2O6S/c1-3-5-10-15(11-14(17)22-4-2)23(20,21)13-8-6-12(7-9-13)16(18)19/h3,6-9H,1,4-5,10-11H2,2H3. The Hall–Kier alpha value is -2.26. The number of ether oxygens (including phenoxy) is 1. The first-order valence-electron chi connectivity index (χ1n) is 6.84. The molecule has 9 heteroatoms. The number of carbonyl (C=O) groups excluding carboxylic acids is 1. The first-order valence-corrected chi connectivity index (χ1v) is 8.28. The summed E-state index contributed by atoms with van der Waals surface area (Å²) >= 11 is 0. The average molecular weight is 342 g/mol. The quantitative estimate of drug-likeness (QED) is 0.293. The third-order valence-electron chi connectivity index (χ3n) is 2.88. The van der Waals surface area contributed by atoms with Crippen LogP contribution in [-0.2, 0) is 19.6 Å². The van der Waals surface area contributed by atoms with Gasteiger partial charge in [-0.3, -0.25) is 14.9 Å². The number of nitrogens with zero attached hydrogens (tertiary/aromatic N) is 2. The van der Waals surface area contributed by atoms with Gasteiger partial charge in [-0.15, -0.1) is 6.58 Å². The van der Waals surface area contributed by atoms with E-state index in [-0.39, 0.29) is 23.7 Å². The minimum Gasteiger partial charge on any atom is -0.465 e. The zero-order chi connectivity index (χ0) is 17.5. The maximum Gasteiger partial charge on any atom is 0.321 e. The molecule has 0 saturated heterocycles. The van der Waals surface area contributed by atoms with Crippen LogP contribution in [0.4, 0.5) is 5.69 Å². The van der Waals surface area contributed by atoms with Crippen molar-refractivity contribution in [1.29, 1.82) is 0 Å². The largest absolute Gasteiger partial charge is 0.465 e. The second-order valence-corrected chi connectivity index (χ2v) is 6.41. The van der Waals surface area contributed by atoms with Crippen molar-refractivity contribution in [2.24, 2.45) is 0 Å². The van der Waals surface area contributed by atoms with E-state index in [4.69, 9.17) is 4.74 Å². The minimum atomic E-state index is -3.97. The number of nitro groups is 1. The van der Waals surface area contributed by atoms with Crippen LogP contribution < -0.4 is 0 Å². The van der Waals surface area contributed by atoms with E-state index in [0.29, 0.717) is 6.42 Å². The van der Waals surface area contributed by atoms with Crippen LogP contribution in [-0.4, -0.2) is 43.3 Å². The predicted molar refractivity (Wildman–Crippen MR) is 83.3 cm³/mol. The molecule has 1 rings (SSSR count). The second kappa shape index (κ2) is 8.39. The summed E-state index contributed by atoms with van der Waals surface area (Å²) in [5, 5.41) is 10.6. The first kappa shape index (κ1) is 18.8. The van der Waals surface area contributed by atoms with E-state index >= 15 is 0 Å². The van der Waals surface area contributed by atoms with Gasteiger partial charge in [0.1, 0.15) is 6.54 Å². The Morgan fingerprint density at radius 2 is 2.00 bits per heavy atom.